The number of halogens is 1. The molecule has 0 fully saturated rings. The summed E-state index contributed by atoms with van der Waals surface area (Å²) >= 11 is 1.63. The Hall–Kier alpha value is -0.610. The SMILES string of the molecule is CN=C(NCc1csc(N(C)C)n1)NC(C)COC.I. The Balaban J connectivity index is 0.00000361. The van der Waals surface area contributed by atoms with Gasteiger partial charge in [-0.1, -0.05) is 0 Å². The summed E-state index contributed by atoms with van der Waals surface area (Å²) < 4.78 is 5.08. The van der Waals surface area contributed by atoms with Crippen LogP contribution in [0.2, 0.25) is 0 Å². The zero-order valence-electron chi connectivity index (χ0n) is 12.6. The van der Waals surface area contributed by atoms with E-state index in [2.05, 4.69) is 20.6 Å². The summed E-state index contributed by atoms with van der Waals surface area (Å²) in [6.07, 6.45) is 0. The lowest BCUT2D eigenvalue weighted by Gasteiger charge is -2.16. The van der Waals surface area contributed by atoms with Gasteiger partial charge in [-0.15, -0.1) is 35.3 Å². The lowest BCUT2D eigenvalue weighted by Crippen LogP contribution is -2.43. The van der Waals surface area contributed by atoms with Crippen molar-refractivity contribution in [3.05, 3.63) is 11.1 Å². The molecular weight excluding hydrogens is 389 g/mol. The van der Waals surface area contributed by atoms with E-state index in [1.165, 1.54) is 0 Å². The molecule has 8 heteroatoms. The van der Waals surface area contributed by atoms with Gasteiger partial charge in [0.05, 0.1) is 18.8 Å². The summed E-state index contributed by atoms with van der Waals surface area (Å²) in [5.74, 6) is 0.754. The smallest absolute Gasteiger partial charge is 0.191 e. The zero-order valence-corrected chi connectivity index (χ0v) is 15.8. The first-order valence-corrected chi connectivity index (χ1v) is 7.02. The molecule has 2 N–H and O–H groups in total. The Bertz CT molecular complexity index is 410. The number of anilines is 1. The number of hydrogen-bond acceptors (Lipinski definition) is 5. The molecule has 1 aromatic rings. The molecule has 0 bridgehead atoms. The lowest BCUT2D eigenvalue weighted by atomic mass is 10.4. The molecule has 1 aromatic heterocycles. The van der Waals surface area contributed by atoms with E-state index in [1.54, 1.807) is 25.5 Å². The number of ether oxygens (including phenoxy) is 1. The number of guanidine groups is 1. The van der Waals surface area contributed by atoms with E-state index >= 15 is 0 Å². The Morgan fingerprint density at radius 1 is 1.55 bits per heavy atom. The molecule has 1 rings (SSSR count). The third-order valence-corrected chi connectivity index (χ3v) is 3.44. The number of thiazole rings is 1. The molecule has 0 aliphatic rings. The molecule has 1 unspecified atom stereocenters. The second-order valence-corrected chi connectivity index (χ2v) is 5.28. The quantitative estimate of drug-likeness (QED) is 0.421. The fourth-order valence-electron chi connectivity index (χ4n) is 1.48. The average Bonchev–Trinajstić information content (AvgIpc) is 2.83. The van der Waals surface area contributed by atoms with Gasteiger partial charge in [0.15, 0.2) is 11.1 Å². The minimum atomic E-state index is 0. The van der Waals surface area contributed by atoms with E-state index in [0.29, 0.717) is 13.2 Å². The second-order valence-electron chi connectivity index (χ2n) is 4.44. The molecular formula is C12H24IN5OS. The number of methoxy groups -OCH3 is 1. The lowest BCUT2D eigenvalue weighted by molar-refractivity contribution is 0.179. The number of nitrogens with zero attached hydrogens (tertiary/aromatic N) is 3. The van der Waals surface area contributed by atoms with Crippen molar-refractivity contribution in [3.8, 4) is 0 Å². The molecule has 0 aliphatic heterocycles. The van der Waals surface area contributed by atoms with Crippen molar-refractivity contribution >= 4 is 46.4 Å². The second kappa shape index (κ2) is 10.2. The number of hydrogen-bond donors (Lipinski definition) is 2. The molecule has 20 heavy (non-hydrogen) atoms. The van der Waals surface area contributed by atoms with Crippen LogP contribution in [0.4, 0.5) is 5.13 Å². The van der Waals surface area contributed by atoms with Crippen LogP contribution in [0.1, 0.15) is 12.6 Å². The highest BCUT2D eigenvalue weighted by atomic mass is 127. The summed E-state index contributed by atoms with van der Waals surface area (Å²) in [7, 11) is 7.42. The highest BCUT2D eigenvalue weighted by Gasteiger charge is 2.07. The molecule has 0 radical (unpaired) electrons. The standard InChI is InChI=1S/C12H23N5OS.HI/c1-9(7-18-5)15-11(13-2)14-6-10-8-19-12(16-10)17(3)4;/h8-9H,6-7H2,1-5H3,(H2,13,14,15);1H. The van der Waals surface area contributed by atoms with Crippen molar-refractivity contribution in [2.75, 3.05) is 39.8 Å². The highest BCUT2D eigenvalue weighted by molar-refractivity contribution is 14.0. The molecule has 0 saturated heterocycles. The number of aromatic nitrogens is 1. The fourth-order valence-corrected chi connectivity index (χ4v) is 2.24. The summed E-state index contributed by atoms with van der Waals surface area (Å²) in [6, 6.07) is 0.212. The van der Waals surface area contributed by atoms with Gasteiger partial charge in [-0.05, 0) is 6.92 Å². The Labute approximate surface area is 142 Å². The van der Waals surface area contributed by atoms with Crippen LogP contribution in [0.25, 0.3) is 0 Å². The molecule has 0 aliphatic carbocycles. The van der Waals surface area contributed by atoms with Gasteiger partial charge >= 0.3 is 0 Å². The molecule has 0 amide bonds. The van der Waals surface area contributed by atoms with Gasteiger partial charge in [0.2, 0.25) is 0 Å². The molecule has 1 atom stereocenters. The van der Waals surface area contributed by atoms with Crippen molar-refractivity contribution < 1.29 is 4.74 Å². The Morgan fingerprint density at radius 2 is 2.25 bits per heavy atom. The van der Waals surface area contributed by atoms with Crippen molar-refractivity contribution in [3.63, 3.8) is 0 Å². The minimum absolute atomic E-state index is 0. The van der Waals surface area contributed by atoms with Gasteiger partial charge in [0.25, 0.3) is 0 Å². The van der Waals surface area contributed by atoms with Crippen LogP contribution >= 0.6 is 35.3 Å². The maximum Gasteiger partial charge on any atom is 0.191 e. The molecule has 6 nitrogen and oxygen atoms in total. The third kappa shape index (κ3) is 6.71. The van der Waals surface area contributed by atoms with E-state index in [0.717, 1.165) is 16.8 Å². The van der Waals surface area contributed by atoms with Crippen molar-refractivity contribution in [2.24, 2.45) is 4.99 Å². The van der Waals surface area contributed by atoms with Gasteiger partial charge in [0.1, 0.15) is 0 Å². The fraction of sp³-hybridized carbons (Fsp3) is 0.667. The average molecular weight is 413 g/mol. The maximum atomic E-state index is 5.08. The number of rotatable bonds is 6. The highest BCUT2D eigenvalue weighted by Crippen LogP contribution is 2.17. The summed E-state index contributed by atoms with van der Waals surface area (Å²) in [5.41, 5.74) is 1.01. The maximum absolute atomic E-state index is 5.08. The van der Waals surface area contributed by atoms with Gasteiger partial charge in [0, 0.05) is 39.7 Å². The van der Waals surface area contributed by atoms with Gasteiger partial charge in [-0.25, -0.2) is 4.98 Å². The predicted molar refractivity (Wildman–Crippen MR) is 96.5 cm³/mol. The van der Waals surface area contributed by atoms with Crippen LogP contribution in [0.5, 0.6) is 0 Å². The van der Waals surface area contributed by atoms with Crippen LogP contribution < -0.4 is 15.5 Å². The summed E-state index contributed by atoms with van der Waals surface area (Å²) in [6.45, 7) is 3.34. The first-order chi connectivity index (χ1) is 9.06. The van der Waals surface area contributed by atoms with Gasteiger partial charge in [-0.3, -0.25) is 4.99 Å². The normalized spacial score (nSPS) is 12.6. The Kier molecular flexibility index (Phi) is 9.86. The molecule has 1 heterocycles. The summed E-state index contributed by atoms with van der Waals surface area (Å²) in [5, 5.41) is 9.54. The third-order valence-electron chi connectivity index (χ3n) is 2.38. The van der Waals surface area contributed by atoms with E-state index in [9.17, 15) is 0 Å². The summed E-state index contributed by atoms with van der Waals surface area (Å²) in [4.78, 5) is 10.7. The van der Waals surface area contributed by atoms with Crippen LogP contribution in [-0.4, -0.2) is 51.8 Å². The van der Waals surface area contributed by atoms with Crippen LogP contribution in [0, 0.1) is 0 Å². The van der Waals surface area contributed by atoms with E-state index in [1.807, 2.05) is 31.3 Å². The van der Waals surface area contributed by atoms with Crippen molar-refractivity contribution in [2.45, 2.75) is 19.5 Å². The Morgan fingerprint density at radius 3 is 2.75 bits per heavy atom. The van der Waals surface area contributed by atoms with Gasteiger partial charge in [-0.2, -0.15) is 0 Å². The van der Waals surface area contributed by atoms with Crippen LogP contribution in [0.15, 0.2) is 10.4 Å². The molecule has 0 spiro atoms. The van der Waals surface area contributed by atoms with Crippen LogP contribution in [-0.2, 0) is 11.3 Å². The molecule has 0 saturated carbocycles. The monoisotopic (exact) mass is 413 g/mol. The largest absolute Gasteiger partial charge is 0.383 e. The predicted octanol–water partition coefficient (Wildman–Crippen LogP) is 1.53. The van der Waals surface area contributed by atoms with Crippen LogP contribution in [0.3, 0.4) is 0 Å². The van der Waals surface area contributed by atoms with E-state index in [4.69, 9.17) is 4.74 Å². The van der Waals surface area contributed by atoms with Crippen molar-refractivity contribution in [1.29, 1.82) is 0 Å². The number of aliphatic imine (C=N–C) groups is 1. The number of nitrogens with one attached hydrogen (secondary N) is 2. The van der Waals surface area contributed by atoms with E-state index < -0.39 is 0 Å². The molecule has 0 aromatic carbocycles. The topological polar surface area (TPSA) is 61.8 Å². The first-order valence-electron chi connectivity index (χ1n) is 6.14. The minimum Gasteiger partial charge on any atom is -0.383 e. The first kappa shape index (κ1) is 19.4. The van der Waals surface area contributed by atoms with Gasteiger partial charge < -0.3 is 20.3 Å². The molecule has 116 valence electrons. The van der Waals surface area contributed by atoms with E-state index in [-0.39, 0.29) is 30.0 Å². The zero-order chi connectivity index (χ0) is 14.3. The van der Waals surface area contributed by atoms with Crippen molar-refractivity contribution in [1.82, 2.24) is 15.6 Å².